The SMILES string of the molecule is CCOc1ccc(C(=O)Nc2ccc(Br)cc2)cc1OCC. The second kappa shape index (κ2) is 7.84. The van der Waals surface area contributed by atoms with Crippen molar-refractivity contribution in [3.63, 3.8) is 0 Å². The Morgan fingerprint density at radius 1 is 1.00 bits per heavy atom. The first kappa shape index (κ1) is 16.4. The van der Waals surface area contributed by atoms with Gasteiger partial charge in [0.25, 0.3) is 5.91 Å². The van der Waals surface area contributed by atoms with E-state index in [9.17, 15) is 4.79 Å². The summed E-state index contributed by atoms with van der Waals surface area (Å²) >= 11 is 3.36. The first-order valence-corrected chi connectivity index (χ1v) is 7.90. The summed E-state index contributed by atoms with van der Waals surface area (Å²) in [6.07, 6.45) is 0. The minimum Gasteiger partial charge on any atom is -0.490 e. The van der Waals surface area contributed by atoms with Crippen LogP contribution >= 0.6 is 15.9 Å². The number of ether oxygens (including phenoxy) is 2. The number of halogens is 1. The molecule has 0 aromatic heterocycles. The van der Waals surface area contributed by atoms with Gasteiger partial charge >= 0.3 is 0 Å². The number of hydrogen-bond acceptors (Lipinski definition) is 3. The molecule has 0 spiro atoms. The smallest absolute Gasteiger partial charge is 0.255 e. The van der Waals surface area contributed by atoms with Crippen molar-refractivity contribution in [2.45, 2.75) is 13.8 Å². The van der Waals surface area contributed by atoms with E-state index in [-0.39, 0.29) is 5.91 Å². The zero-order valence-electron chi connectivity index (χ0n) is 12.6. The van der Waals surface area contributed by atoms with Crippen molar-refractivity contribution in [1.29, 1.82) is 0 Å². The van der Waals surface area contributed by atoms with E-state index in [2.05, 4.69) is 21.2 Å². The highest BCUT2D eigenvalue weighted by Gasteiger charge is 2.11. The Hall–Kier alpha value is -2.01. The average Bonchev–Trinajstić information content (AvgIpc) is 2.51. The molecule has 2 aromatic rings. The number of carbonyl (C=O) groups excluding carboxylic acids is 1. The highest BCUT2D eigenvalue weighted by atomic mass is 79.9. The van der Waals surface area contributed by atoms with Crippen molar-refractivity contribution < 1.29 is 14.3 Å². The molecule has 0 fully saturated rings. The van der Waals surface area contributed by atoms with Crippen molar-refractivity contribution in [1.82, 2.24) is 0 Å². The standard InChI is InChI=1S/C17H18BrNO3/c1-3-21-15-10-5-12(11-16(15)22-4-2)17(20)19-14-8-6-13(18)7-9-14/h5-11H,3-4H2,1-2H3,(H,19,20). The molecule has 0 aliphatic carbocycles. The summed E-state index contributed by atoms with van der Waals surface area (Å²) < 4.78 is 12.0. The van der Waals surface area contributed by atoms with E-state index >= 15 is 0 Å². The Balaban J connectivity index is 2.18. The van der Waals surface area contributed by atoms with Crippen molar-refractivity contribution >= 4 is 27.5 Å². The van der Waals surface area contributed by atoms with Gasteiger partial charge in [0.05, 0.1) is 13.2 Å². The molecule has 0 saturated heterocycles. The van der Waals surface area contributed by atoms with Gasteiger partial charge < -0.3 is 14.8 Å². The zero-order valence-corrected chi connectivity index (χ0v) is 14.1. The van der Waals surface area contributed by atoms with Crippen LogP contribution in [-0.4, -0.2) is 19.1 Å². The molecule has 0 atom stereocenters. The van der Waals surface area contributed by atoms with E-state index < -0.39 is 0 Å². The molecule has 0 heterocycles. The molecule has 2 aromatic carbocycles. The van der Waals surface area contributed by atoms with Gasteiger partial charge in [0.15, 0.2) is 11.5 Å². The van der Waals surface area contributed by atoms with Crippen molar-refractivity contribution in [3.05, 3.63) is 52.5 Å². The summed E-state index contributed by atoms with van der Waals surface area (Å²) in [6, 6.07) is 12.6. The Morgan fingerprint density at radius 2 is 1.64 bits per heavy atom. The first-order chi connectivity index (χ1) is 10.6. The second-order valence-corrected chi connectivity index (χ2v) is 5.40. The molecule has 0 aliphatic rings. The number of anilines is 1. The van der Waals surface area contributed by atoms with E-state index in [1.54, 1.807) is 18.2 Å². The molecule has 2 rings (SSSR count). The highest BCUT2D eigenvalue weighted by Crippen LogP contribution is 2.29. The zero-order chi connectivity index (χ0) is 15.9. The van der Waals surface area contributed by atoms with Crippen LogP contribution in [0.3, 0.4) is 0 Å². The molecule has 0 aliphatic heterocycles. The molecular weight excluding hydrogens is 346 g/mol. The van der Waals surface area contributed by atoms with E-state index in [0.717, 1.165) is 10.2 Å². The van der Waals surface area contributed by atoms with Gasteiger partial charge in [-0.05, 0) is 56.3 Å². The Morgan fingerprint density at radius 3 is 2.27 bits per heavy atom. The van der Waals surface area contributed by atoms with E-state index in [0.29, 0.717) is 30.3 Å². The molecule has 0 unspecified atom stereocenters. The first-order valence-electron chi connectivity index (χ1n) is 7.10. The molecule has 22 heavy (non-hydrogen) atoms. The number of nitrogens with one attached hydrogen (secondary N) is 1. The quantitative estimate of drug-likeness (QED) is 0.821. The molecule has 1 amide bonds. The fourth-order valence-corrected chi connectivity index (χ4v) is 2.19. The lowest BCUT2D eigenvalue weighted by atomic mass is 10.2. The van der Waals surface area contributed by atoms with Crippen LogP contribution in [0.1, 0.15) is 24.2 Å². The van der Waals surface area contributed by atoms with Gasteiger partial charge in [-0.1, -0.05) is 15.9 Å². The number of amides is 1. The normalized spacial score (nSPS) is 10.1. The summed E-state index contributed by atoms with van der Waals surface area (Å²) in [4.78, 5) is 12.3. The van der Waals surface area contributed by atoms with E-state index in [1.807, 2.05) is 38.1 Å². The van der Waals surface area contributed by atoms with Crippen LogP contribution in [0.5, 0.6) is 11.5 Å². The summed E-state index contributed by atoms with van der Waals surface area (Å²) in [5, 5.41) is 2.85. The minimum atomic E-state index is -0.189. The average molecular weight is 364 g/mol. The topological polar surface area (TPSA) is 47.6 Å². The molecule has 5 heteroatoms. The summed E-state index contributed by atoms with van der Waals surface area (Å²) in [5.41, 5.74) is 1.26. The highest BCUT2D eigenvalue weighted by molar-refractivity contribution is 9.10. The van der Waals surface area contributed by atoms with Gasteiger partial charge in [-0.25, -0.2) is 0 Å². The van der Waals surface area contributed by atoms with Crippen LogP contribution in [0.25, 0.3) is 0 Å². The number of benzene rings is 2. The maximum Gasteiger partial charge on any atom is 0.255 e. The van der Waals surface area contributed by atoms with E-state index in [4.69, 9.17) is 9.47 Å². The van der Waals surface area contributed by atoms with Gasteiger partial charge in [-0.2, -0.15) is 0 Å². The fraction of sp³-hybridized carbons (Fsp3) is 0.235. The second-order valence-electron chi connectivity index (χ2n) is 4.49. The Labute approximate surface area is 138 Å². The van der Waals surface area contributed by atoms with Gasteiger partial charge in [-0.3, -0.25) is 4.79 Å². The summed E-state index contributed by atoms with van der Waals surface area (Å²) in [7, 11) is 0. The lowest BCUT2D eigenvalue weighted by Crippen LogP contribution is -2.12. The largest absolute Gasteiger partial charge is 0.490 e. The number of hydrogen-bond donors (Lipinski definition) is 1. The number of rotatable bonds is 6. The monoisotopic (exact) mass is 363 g/mol. The van der Waals surface area contributed by atoms with Gasteiger partial charge in [0.2, 0.25) is 0 Å². The van der Waals surface area contributed by atoms with Crippen LogP contribution in [0.15, 0.2) is 46.9 Å². The Bertz CT molecular complexity index is 641. The van der Waals surface area contributed by atoms with Gasteiger partial charge in [-0.15, -0.1) is 0 Å². The maximum atomic E-state index is 12.3. The van der Waals surface area contributed by atoms with Gasteiger partial charge in [0.1, 0.15) is 0 Å². The third kappa shape index (κ3) is 4.24. The minimum absolute atomic E-state index is 0.189. The molecule has 0 radical (unpaired) electrons. The molecule has 1 N–H and O–H groups in total. The van der Waals surface area contributed by atoms with Crippen LogP contribution in [0, 0.1) is 0 Å². The molecule has 0 bridgehead atoms. The Kier molecular flexibility index (Phi) is 5.83. The van der Waals surface area contributed by atoms with Crippen LogP contribution < -0.4 is 14.8 Å². The predicted molar refractivity (Wildman–Crippen MR) is 90.9 cm³/mol. The molecule has 0 saturated carbocycles. The third-order valence-corrected chi connectivity index (χ3v) is 3.44. The third-order valence-electron chi connectivity index (χ3n) is 2.91. The van der Waals surface area contributed by atoms with Gasteiger partial charge in [0, 0.05) is 15.7 Å². The van der Waals surface area contributed by atoms with Crippen LogP contribution in [-0.2, 0) is 0 Å². The number of carbonyl (C=O) groups is 1. The fourth-order valence-electron chi connectivity index (χ4n) is 1.93. The molecule has 116 valence electrons. The molecule has 4 nitrogen and oxygen atoms in total. The summed E-state index contributed by atoms with van der Waals surface area (Å²) in [6.45, 7) is 4.86. The van der Waals surface area contributed by atoms with E-state index in [1.165, 1.54) is 0 Å². The van der Waals surface area contributed by atoms with Crippen LogP contribution in [0.2, 0.25) is 0 Å². The van der Waals surface area contributed by atoms with Crippen molar-refractivity contribution in [2.24, 2.45) is 0 Å². The predicted octanol–water partition coefficient (Wildman–Crippen LogP) is 4.50. The summed E-state index contributed by atoms with van der Waals surface area (Å²) in [5.74, 6) is 1.03. The molecular formula is C17H18BrNO3. The lowest BCUT2D eigenvalue weighted by molar-refractivity contribution is 0.102. The van der Waals surface area contributed by atoms with Crippen molar-refractivity contribution in [3.8, 4) is 11.5 Å². The maximum absolute atomic E-state index is 12.3. The lowest BCUT2D eigenvalue weighted by Gasteiger charge is -2.12. The van der Waals surface area contributed by atoms with Crippen molar-refractivity contribution in [2.75, 3.05) is 18.5 Å². The van der Waals surface area contributed by atoms with Crippen LogP contribution in [0.4, 0.5) is 5.69 Å².